The molecule has 0 bridgehead atoms. The Hall–Kier alpha value is -1.59. The van der Waals surface area contributed by atoms with Crippen molar-refractivity contribution >= 4 is 17.9 Å². The van der Waals surface area contributed by atoms with Crippen LogP contribution in [-0.4, -0.2) is 37.7 Å². The fourth-order valence-corrected chi connectivity index (χ4v) is 6.79. The average molecular weight is 737 g/mol. The van der Waals surface area contributed by atoms with Crippen molar-refractivity contribution in [2.45, 2.75) is 252 Å². The van der Waals surface area contributed by atoms with Crippen LogP contribution in [0.2, 0.25) is 0 Å². The standard InChI is InChI=1S/C46H88O6/c1-4-7-10-13-16-19-22-25-28-31-34-37-44(47)50-40-43(41-51-45(48)38-35-32-29-26-23-20-17-14-11-8-5-2)42-52-46(49)39-36-33-30-27-24-21-18-15-12-9-6-3/h43H,4-42H2,1-3H3. The van der Waals surface area contributed by atoms with E-state index in [0.29, 0.717) is 19.3 Å². The van der Waals surface area contributed by atoms with Crippen LogP contribution in [0.5, 0.6) is 0 Å². The molecule has 0 spiro atoms. The second-order valence-electron chi connectivity index (χ2n) is 15.8. The Bertz CT molecular complexity index is 668. The van der Waals surface area contributed by atoms with E-state index in [9.17, 15) is 14.4 Å². The molecule has 0 rings (SSSR count). The fraction of sp³-hybridized carbons (Fsp3) is 0.935. The van der Waals surface area contributed by atoms with Crippen LogP contribution in [0.3, 0.4) is 0 Å². The molecule has 0 aliphatic heterocycles. The van der Waals surface area contributed by atoms with E-state index < -0.39 is 0 Å². The van der Waals surface area contributed by atoms with Crippen LogP contribution in [0.25, 0.3) is 0 Å². The highest BCUT2D eigenvalue weighted by molar-refractivity contribution is 5.70. The Morgan fingerprint density at radius 1 is 0.288 bits per heavy atom. The average Bonchev–Trinajstić information content (AvgIpc) is 3.14. The molecule has 52 heavy (non-hydrogen) atoms. The first-order valence-corrected chi connectivity index (χ1v) is 23.0. The van der Waals surface area contributed by atoms with Gasteiger partial charge in [-0.2, -0.15) is 0 Å². The number of rotatable bonds is 42. The van der Waals surface area contributed by atoms with Gasteiger partial charge >= 0.3 is 17.9 Å². The molecular weight excluding hydrogens is 648 g/mol. The van der Waals surface area contributed by atoms with Gasteiger partial charge in [0.25, 0.3) is 0 Å². The summed E-state index contributed by atoms with van der Waals surface area (Å²) in [7, 11) is 0. The van der Waals surface area contributed by atoms with E-state index in [4.69, 9.17) is 14.2 Å². The molecule has 0 atom stereocenters. The summed E-state index contributed by atoms with van der Waals surface area (Å²) in [6.45, 7) is 7.08. The van der Waals surface area contributed by atoms with Crippen molar-refractivity contribution < 1.29 is 28.6 Å². The topological polar surface area (TPSA) is 78.9 Å². The normalized spacial score (nSPS) is 11.3. The minimum Gasteiger partial charge on any atom is -0.465 e. The molecule has 308 valence electrons. The summed E-state index contributed by atoms with van der Waals surface area (Å²) in [5.41, 5.74) is 0. The molecule has 6 nitrogen and oxygen atoms in total. The zero-order valence-electron chi connectivity index (χ0n) is 35.1. The van der Waals surface area contributed by atoms with Gasteiger partial charge in [-0.1, -0.05) is 213 Å². The van der Waals surface area contributed by atoms with E-state index >= 15 is 0 Å². The molecule has 0 aliphatic rings. The lowest BCUT2D eigenvalue weighted by Crippen LogP contribution is -2.26. The van der Waals surface area contributed by atoms with Crippen molar-refractivity contribution in [2.24, 2.45) is 5.92 Å². The Labute approximate surface area is 323 Å². The number of hydrogen-bond acceptors (Lipinski definition) is 6. The number of ether oxygens (including phenoxy) is 3. The van der Waals surface area contributed by atoms with Gasteiger partial charge in [-0.25, -0.2) is 0 Å². The first kappa shape index (κ1) is 50.4. The highest BCUT2D eigenvalue weighted by Crippen LogP contribution is 2.16. The predicted molar refractivity (Wildman–Crippen MR) is 220 cm³/mol. The quantitative estimate of drug-likeness (QED) is 0.0353. The van der Waals surface area contributed by atoms with Crippen molar-refractivity contribution in [3.8, 4) is 0 Å². The maximum Gasteiger partial charge on any atom is 0.305 e. The predicted octanol–water partition coefficient (Wildman–Crippen LogP) is 14.3. The first-order valence-electron chi connectivity index (χ1n) is 23.0. The third-order valence-corrected chi connectivity index (χ3v) is 10.4. The number of carbonyl (C=O) groups excluding carboxylic acids is 3. The largest absolute Gasteiger partial charge is 0.465 e. The molecule has 0 N–H and O–H groups in total. The van der Waals surface area contributed by atoms with E-state index in [0.717, 1.165) is 57.8 Å². The highest BCUT2D eigenvalue weighted by Gasteiger charge is 2.18. The summed E-state index contributed by atoms with van der Waals surface area (Å²) in [5, 5.41) is 0. The monoisotopic (exact) mass is 737 g/mol. The lowest BCUT2D eigenvalue weighted by Gasteiger charge is -2.17. The lowest BCUT2D eigenvalue weighted by molar-refractivity contribution is -0.153. The first-order chi connectivity index (χ1) is 25.5. The Kier molecular flexibility index (Phi) is 40.9. The van der Waals surface area contributed by atoms with Crippen LogP contribution < -0.4 is 0 Å². The summed E-state index contributed by atoms with van der Waals surface area (Å²) in [6, 6.07) is 0. The summed E-state index contributed by atoms with van der Waals surface area (Å²) >= 11 is 0. The molecule has 0 aromatic carbocycles. The van der Waals surface area contributed by atoms with E-state index in [2.05, 4.69) is 20.8 Å². The molecule has 0 aromatic heterocycles. The SMILES string of the molecule is CCCCCCCCCCCCCC(=O)OCC(COC(=O)CCCCCCCCCCCCC)COC(=O)CCCCCCCCCCCCC. The zero-order chi connectivity index (χ0) is 38.0. The van der Waals surface area contributed by atoms with Gasteiger partial charge in [-0.3, -0.25) is 14.4 Å². The molecule has 0 saturated heterocycles. The van der Waals surface area contributed by atoms with E-state index in [1.807, 2.05) is 0 Å². The second kappa shape index (κ2) is 42.2. The molecule has 0 radical (unpaired) electrons. The third kappa shape index (κ3) is 39.6. The molecule has 0 unspecified atom stereocenters. The Morgan fingerprint density at radius 3 is 0.654 bits per heavy atom. The van der Waals surface area contributed by atoms with Gasteiger partial charge in [0.05, 0.1) is 5.92 Å². The van der Waals surface area contributed by atoms with Crippen LogP contribution in [0.4, 0.5) is 0 Å². The van der Waals surface area contributed by atoms with Gasteiger partial charge in [-0.15, -0.1) is 0 Å². The van der Waals surface area contributed by atoms with Crippen molar-refractivity contribution in [1.29, 1.82) is 0 Å². The van der Waals surface area contributed by atoms with Gasteiger partial charge in [0.15, 0.2) is 0 Å². The summed E-state index contributed by atoms with van der Waals surface area (Å²) < 4.78 is 16.8. The molecule has 0 amide bonds. The smallest absolute Gasteiger partial charge is 0.305 e. The van der Waals surface area contributed by atoms with Crippen molar-refractivity contribution in [3.05, 3.63) is 0 Å². The highest BCUT2D eigenvalue weighted by atomic mass is 16.6. The van der Waals surface area contributed by atoms with Crippen molar-refractivity contribution in [1.82, 2.24) is 0 Å². The summed E-state index contributed by atoms with van der Waals surface area (Å²) in [6.07, 6.45) is 42.0. The molecule has 0 aromatic rings. The van der Waals surface area contributed by atoms with Crippen LogP contribution in [0.1, 0.15) is 252 Å². The number of hydrogen-bond donors (Lipinski definition) is 0. The third-order valence-electron chi connectivity index (χ3n) is 10.4. The van der Waals surface area contributed by atoms with Gasteiger partial charge in [0.1, 0.15) is 19.8 Å². The molecule has 0 fully saturated rings. The van der Waals surface area contributed by atoms with Gasteiger partial charge in [0.2, 0.25) is 0 Å². The Balaban J connectivity index is 4.32. The molecule has 0 saturated carbocycles. The lowest BCUT2D eigenvalue weighted by atomic mass is 10.1. The van der Waals surface area contributed by atoms with E-state index in [1.165, 1.54) is 154 Å². The van der Waals surface area contributed by atoms with Gasteiger partial charge in [-0.05, 0) is 19.3 Å². The van der Waals surface area contributed by atoms with E-state index in [-0.39, 0.29) is 43.6 Å². The second-order valence-corrected chi connectivity index (χ2v) is 15.8. The minimum atomic E-state index is -0.344. The molecular formula is C46H88O6. The van der Waals surface area contributed by atoms with Gasteiger partial charge in [0, 0.05) is 19.3 Å². The maximum absolute atomic E-state index is 12.5. The van der Waals surface area contributed by atoms with Gasteiger partial charge < -0.3 is 14.2 Å². The molecule has 0 aliphatic carbocycles. The van der Waals surface area contributed by atoms with Crippen molar-refractivity contribution in [2.75, 3.05) is 19.8 Å². The summed E-state index contributed by atoms with van der Waals surface area (Å²) in [4.78, 5) is 37.5. The number of carbonyl (C=O) groups is 3. The van der Waals surface area contributed by atoms with Crippen LogP contribution in [0.15, 0.2) is 0 Å². The fourth-order valence-electron chi connectivity index (χ4n) is 6.79. The zero-order valence-corrected chi connectivity index (χ0v) is 35.1. The molecule has 6 heteroatoms. The number of unbranched alkanes of at least 4 members (excludes halogenated alkanes) is 30. The van der Waals surface area contributed by atoms with Crippen LogP contribution in [0, 0.1) is 5.92 Å². The minimum absolute atomic E-state index is 0.105. The van der Waals surface area contributed by atoms with E-state index in [1.54, 1.807) is 0 Å². The van der Waals surface area contributed by atoms with Crippen LogP contribution in [-0.2, 0) is 28.6 Å². The summed E-state index contributed by atoms with van der Waals surface area (Å²) in [5.74, 6) is -1.01. The van der Waals surface area contributed by atoms with Crippen LogP contribution >= 0.6 is 0 Å². The molecule has 0 heterocycles. The maximum atomic E-state index is 12.5. The van der Waals surface area contributed by atoms with Crippen molar-refractivity contribution in [3.63, 3.8) is 0 Å². The Morgan fingerprint density at radius 2 is 0.462 bits per heavy atom. The number of esters is 3.